The topological polar surface area (TPSA) is 110 Å². The van der Waals surface area contributed by atoms with Crippen molar-refractivity contribution in [1.29, 1.82) is 0 Å². The molecule has 1 atom stereocenters. The third-order valence-electron chi connectivity index (χ3n) is 7.03. The van der Waals surface area contributed by atoms with E-state index in [9.17, 15) is 4.79 Å². The Hall–Kier alpha value is -4.50. The Morgan fingerprint density at radius 2 is 1.90 bits per heavy atom. The molecular formula is C30H28ClN7O2. The van der Waals surface area contributed by atoms with Crippen LogP contribution in [-0.2, 0) is 11.2 Å². The first-order chi connectivity index (χ1) is 19.4. The number of carbonyl (C=O) groups is 1. The summed E-state index contributed by atoms with van der Waals surface area (Å²) in [7, 11) is 1.63. The second-order valence-corrected chi connectivity index (χ2v) is 10.2. The first-order valence-corrected chi connectivity index (χ1v) is 13.4. The molecule has 3 aromatic carbocycles. The minimum atomic E-state index is -0.547. The fourth-order valence-electron chi connectivity index (χ4n) is 5.11. The van der Waals surface area contributed by atoms with Crippen LogP contribution in [0.4, 0.5) is 0 Å². The number of rotatable bonds is 7. The van der Waals surface area contributed by atoms with Gasteiger partial charge in [0.15, 0.2) is 5.82 Å². The molecule has 2 aromatic heterocycles. The van der Waals surface area contributed by atoms with Crippen molar-refractivity contribution in [3.63, 3.8) is 0 Å². The summed E-state index contributed by atoms with van der Waals surface area (Å²) >= 11 is 6.19. The van der Waals surface area contributed by atoms with Gasteiger partial charge in [0.25, 0.3) is 0 Å². The Bertz CT molecular complexity index is 1750. The molecule has 0 aliphatic carbocycles. The number of aromatic amines is 1. The van der Waals surface area contributed by atoms with E-state index in [1.54, 1.807) is 7.11 Å². The Morgan fingerprint density at radius 1 is 1.07 bits per heavy atom. The molecular weight excluding hydrogens is 526 g/mol. The molecule has 0 saturated heterocycles. The Balaban J connectivity index is 1.29. The van der Waals surface area contributed by atoms with E-state index in [4.69, 9.17) is 21.3 Å². The molecule has 0 fully saturated rings. The van der Waals surface area contributed by atoms with Crippen LogP contribution in [0, 0.1) is 13.8 Å². The smallest absolute Gasteiger partial charge is 0.222 e. The maximum absolute atomic E-state index is 13.2. The fraction of sp³-hybridized carbons (Fsp3) is 0.233. The van der Waals surface area contributed by atoms with Crippen molar-refractivity contribution in [1.82, 2.24) is 30.0 Å². The van der Waals surface area contributed by atoms with Gasteiger partial charge in [0.1, 0.15) is 23.4 Å². The first kappa shape index (κ1) is 25.8. The van der Waals surface area contributed by atoms with Crippen LogP contribution in [-0.4, -0.2) is 50.0 Å². The molecule has 10 heteroatoms. The summed E-state index contributed by atoms with van der Waals surface area (Å²) in [5.74, 6) is 2.80. The van der Waals surface area contributed by atoms with Crippen molar-refractivity contribution >= 4 is 34.3 Å². The van der Waals surface area contributed by atoms with Gasteiger partial charge in [0.05, 0.1) is 36.0 Å². The van der Waals surface area contributed by atoms with E-state index in [0.717, 1.165) is 44.9 Å². The van der Waals surface area contributed by atoms with E-state index in [0.29, 0.717) is 35.4 Å². The number of fused-ring (bicyclic) bond motifs is 4. The molecule has 2 N–H and O–H groups in total. The normalized spacial score (nSPS) is 14.3. The van der Waals surface area contributed by atoms with E-state index in [2.05, 4.69) is 31.5 Å². The van der Waals surface area contributed by atoms with Gasteiger partial charge in [-0.1, -0.05) is 29.8 Å². The van der Waals surface area contributed by atoms with E-state index < -0.39 is 6.04 Å². The van der Waals surface area contributed by atoms with Gasteiger partial charge in [-0.3, -0.25) is 14.4 Å². The van der Waals surface area contributed by atoms with Gasteiger partial charge in [-0.2, -0.15) is 0 Å². The maximum Gasteiger partial charge on any atom is 0.222 e. The zero-order valence-electron chi connectivity index (χ0n) is 22.4. The van der Waals surface area contributed by atoms with Gasteiger partial charge in [0.2, 0.25) is 5.91 Å². The highest BCUT2D eigenvalue weighted by Crippen LogP contribution is 2.34. The fourth-order valence-corrected chi connectivity index (χ4v) is 5.24. The number of nitrogens with one attached hydrogen (secondary N) is 2. The number of carbonyl (C=O) groups excluding carboxylic acids is 1. The van der Waals surface area contributed by atoms with Crippen molar-refractivity contribution in [3.8, 4) is 11.4 Å². The average molecular weight is 554 g/mol. The highest BCUT2D eigenvalue weighted by Gasteiger charge is 2.30. The molecule has 202 valence electrons. The number of aryl methyl sites for hydroxylation is 2. The molecule has 3 heterocycles. The third kappa shape index (κ3) is 4.96. The Kier molecular flexibility index (Phi) is 6.81. The third-order valence-corrected chi connectivity index (χ3v) is 7.28. The standard InChI is InChI=1S/C30H28ClN7O2/c1-17-33-24-10-4-19(14-25(24)34-17)12-13-32-28(39)16-26-30-37-36-18(2)38(30)27-11-9-22(40-3)15-23(27)29(35-26)20-5-7-21(31)8-6-20/h4-11,14-15,26H,12-13,16H2,1-3H3,(H,32,39)(H,33,34). The SMILES string of the molecule is COc1ccc2c(c1)C(c1ccc(Cl)cc1)=NC(CC(=O)NCCc1ccc3nc(C)[nH]c3c1)c1nnc(C)n1-2. The molecule has 0 saturated carbocycles. The number of benzene rings is 3. The second kappa shape index (κ2) is 10.6. The number of nitrogens with zero attached hydrogens (tertiary/aromatic N) is 5. The summed E-state index contributed by atoms with van der Waals surface area (Å²) in [5.41, 5.74) is 6.40. The van der Waals surface area contributed by atoms with E-state index >= 15 is 0 Å². The number of aromatic nitrogens is 5. The van der Waals surface area contributed by atoms with Crippen molar-refractivity contribution in [2.75, 3.05) is 13.7 Å². The zero-order valence-corrected chi connectivity index (χ0v) is 23.2. The van der Waals surface area contributed by atoms with Crippen LogP contribution >= 0.6 is 11.6 Å². The van der Waals surface area contributed by atoms with E-state index in [1.807, 2.05) is 73.0 Å². The summed E-state index contributed by atoms with van der Waals surface area (Å²) in [4.78, 5) is 26.0. The number of hydrogen-bond donors (Lipinski definition) is 2. The van der Waals surface area contributed by atoms with E-state index in [1.165, 1.54) is 0 Å². The quantitative estimate of drug-likeness (QED) is 0.292. The number of imidazole rings is 1. The summed E-state index contributed by atoms with van der Waals surface area (Å²) < 4.78 is 7.51. The van der Waals surface area contributed by atoms with Gasteiger partial charge >= 0.3 is 0 Å². The van der Waals surface area contributed by atoms with Crippen LogP contribution in [0.15, 0.2) is 65.7 Å². The van der Waals surface area contributed by atoms with Crippen LogP contribution in [0.25, 0.3) is 16.7 Å². The van der Waals surface area contributed by atoms with Gasteiger partial charge in [0, 0.05) is 22.7 Å². The van der Waals surface area contributed by atoms with Crippen LogP contribution in [0.5, 0.6) is 5.75 Å². The van der Waals surface area contributed by atoms with Crippen molar-refractivity contribution < 1.29 is 9.53 Å². The highest BCUT2D eigenvalue weighted by molar-refractivity contribution is 6.30. The number of amides is 1. The van der Waals surface area contributed by atoms with Gasteiger partial charge in [-0.25, -0.2) is 4.98 Å². The molecule has 1 amide bonds. The summed E-state index contributed by atoms with van der Waals surface area (Å²) in [6.45, 7) is 4.33. The predicted molar refractivity (Wildman–Crippen MR) is 155 cm³/mol. The van der Waals surface area contributed by atoms with E-state index in [-0.39, 0.29) is 12.3 Å². The maximum atomic E-state index is 13.2. The number of methoxy groups -OCH3 is 1. The Labute approximate surface area is 236 Å². The predicted octanol–water partition coefficient (Wildman–Crippen LogP) is 5.06. The molecule has 40 heavy (non-hydrogen) atoms. The number of ether oxygens (including phenoxy) is 1. The van der Waals surface area contributed by atoms with Gasteiger partial charge in [-0.15, -0.1) is 10.2 Å². The first-order valence-electron chi connectivity index (χ1n) is 13.1. The van der Waals surface area contributed by atoms with Gasteiger partial charge in [-0.05, 0) is 68.3 Å². The number of H-pyrrole nitrogens is 1. The summed E-state index contributed by atoms with van der Waals surface area (Å²) in [6.07, 6.45) is 0.823. The molecule has 9 nitrogen and oxygen atoms in total. The average Bonchev–Trinajstić information content (AvgIpc) is 3.48. The molecule has 6 rings (SSSR count). The zero-order chi connectivity index (χ0) is 27.8. The van der Waals surface area contributed by atoms with Crippen LogP contribution in [0.1, 0.15) is 46.6 Å². The lowest BCUT2D eigenvalue weighted by Gasteiger charge is -2.14. The molecule has 0 spiro atoms. The van der Waals surface area contributed by atoms with Crippen molar-refractivity contribution in [3.05, 3.63) is 99.8 Å². The molecule has 0 bridgehead atoms. The summed E-state index contributed by atoms with van der Waals surface area (Å²) in [6, 6.07) is 18.9. The van der Waals surface area contributed by atoms with Crippen molar-refractivity contribution in [2.45, 2.75) is 32.7 Å². The number of halogens is 1. The molecule has 1 aliphatic heterocycles. The second-order valence-electron chi connectivity index (χ2n) is 9.80. The van der Waals surface area contributed by atoms with Crippen LogP contribution in [0.3, 0.4) is 0 Å². The molecule has 1 unspecified atom stereocenters. The number of hydrogen-bond acceptors (Lipinski definition) is 6. The van der Waals surface area contributed by atoms with Crippen molar-refractivity contribution in [2.24, 2.45) is 4.99 Å². The summed E-state index contributed by atoms with van der Waals surface area (Å²) in [5, 5.41) is 12.5. The molecule has 0 radical (unpaired) electrons. The lowest BCUT2D eigenvalue weighted by atomic mass is 10.00. The van der Waals surface area contributed by atoms with Crippen LogP contribution < -0.4 is 10.1 Å². The highest BCUT2D eigenvalue weighted by atomic mass is 35.5. The Morgan fingerprint density at radius 3 is 2.70 bits per heavy atom. The van der Waals surface area contributed by atoms with Gasteiger partial charge < -0.3 is 15.0 Å². The lowest BCUT2D eigenvalue weighted by molar-refractivity contribution is -0.121. The molecule has 1 aliphatic rings. The van der Waals surface area contributed by atoms with Crippen LogP contribution in [0.2, 0.25) is 5.02 Å². The largest absolute Gasteiger partial charge is 0.497 e. The molecule has 5 aromatic rings. The minimum absolute atomic E-state index is 0.113. The monoisotopic (exact) mass is 553 g/mol. The lowest BCUT2D eigenvalue weighted by Crippen LogP contribution is -2.27. The number of aliphatic imine (C=N–C) groups is 1. The minimum Gasteiger partial charge on any atom is -0.497 e.